The number of halogens is 3. The molecule has 18 heavy (non-hydrogen) atoms. The molecule has 0 radical (unpaired) electrons. The normalized spacial score (nSPS) is 19.8. The summed E-state index contributed by atoms with van der Waals surface area (Å²) in [5.74, 6) is 0. The second-order valence-corrected chi connectivity index (χ2v) is 5.65. The molecule has 0 spiro atoms. The SMILES string of the molecule is Cc1ccc(NC2=NCC(C)S2)cc1C(F)(F)F. The minimum absolute atomic E-state index is 0.224. The van der Waals surface area contributed by atoms with Gasteiger partial charge in [-0.15, -0.1) is 0 Å². The molecule has 2 rings (SSSR count). The second-order valence-electron chi connectivity index (χ2n) is 4.23. The highest BCUT2D eigenvalue weighted by Crippen LogP contribution is 2.34. The van der Waals surface area contributed by atoms with Gasteiger partial charge in [-0.1, -0.05) is 24.8 Å². The number of hydrogen-bond acceptors (Lipinski definition) is 3. The summed E-state index contributed by atoms with van der Waals surface area (Å²) in [6.07, 6.45) is -4.32. The van der Waals surface area contributed by atoms with E-state index in [1.165, 1.54) is 24.8 Å². The van der Waals surface area contributed by atoms with Crippen molar-refractivity contribution in [2.45, 2.75) is 25.3 Å². The van der Waals surface area contributed by atoms with Gasteiger partial charge in [0.2, 0.25) is 0 Å². The van der Waals surface area contributed by atoms with Gasteiger partial charge in [-0.25, -0.2) is 0 Å². The van der Waals surface area contributed by atoms with E-state index in [1.807, 2.05) is 6.92 Å². The van der Waals surface area contributed by atoms with E-state index in [9.17, 15) is 13.2 Å². The molecular weight excluding hydrogens is 261 g/mol. The molecule has 98 valence electrons. The monoisotopic (exact) mass is 274 g/mol. The molecule has 0 amide bonds. The number of rotatable bonds is 1. The number of benzene rings is 1. The van der Waals surface area contributed by atoms with Crippen LogP contribution in [0.3, 0.4) is 0 Å². The van der Waals surface area contributed by atoms with E-state index < -0.39 is 11.7 Å². The number of hydrogen-bond donors (Lipinski definition) is 1. The molecule has 1 heterocycles. The molecule has 0 aliphatic carbocycles. The summed E-state index contributed by atoms with van der Waals surface area (Å²) < 4.78 is 38.2. The summed E-state index contributed by atoms with van der Waals surface area (Å²) in [5.41, 5.74) is 0.0415. The number of anilines is 1. The highest BCUT2D eigenvalue weighted by molar-refractivity contribution is 8.15. The smallest absolute Gasteiger partial charge is 0.335 e. The van der Waals surface area contributed by atoms with Crippen molar-refractivity contribution in [1.82, 2.24) is 0 Å². The second kappa shape index (κ2) is 4.84. The third kappa shape index (κ3) is 2.98. The number of thioether (sulfide) groups is 1. The van der Waals surface area contributed by atoms with Crippen molar-refractivity contribution in [3.8, 4) is 0 Å². The van der Waals surface area contributed by atoms with Gasteiger partial charge in [0.25, 0.3) is 0 Å². The number of aliphatic imine (C=N–C) groups is 1. The maximum Gasteiger partial charge on any atom is 0.416 e. The Morgan fingerprint density at radius 1 is 1.39 bits per heavy atom. The zero-order valence-corrected chi connectivity index (χ0v) is 10.8. The van der Waals surface area contributed by atoms with Gasteiger partial charge in [0, 0.05) is 10.9 Å². The first-order valence-corrected chi connectivity index (χ1v) is 6.40. The topological polar surface area (TPSA) is 24.4 Å². The minimum atomic E-state index is -4.32. The van der Waals surface area contributed by atoms with Crippen LogP contribution in [0.15, 0.2) is 23.2 Å². The molecule has 1 aromatic rings. The van der Waals surface area contributed by atoms with Gasteiger partial charge in [0.15, 0.2) is 5.17 Å². The van der Waals surface area contributed by atoms with Gasteiger partial charge in [0.1, 0.15) is 0 Å². The minimum Gasteiger partial charge on any atom is -0.335 e. The predicted octanol–water partition coefficient (Wildman–Crippen LogP) is 3.92. The van der Waals surface area contributed by atoms with Crippen LogP contribution < -0.4 is 5.32 Å². The van der Waals surface area contributed by atoms with Gasteiger partial charge < -0.3 is 5.32 Å². The van der Waals surface area contributed by atoms with Crippen LogP contribution in [0.25, 0.3) is 0 Å². The lowest BCUT2D eigenvalue weighted by atomic mass is 10.1. The summed E-state index contributed by atoms with van der Waals surface area (Å²) >= 11 is 1.54. The molecule has 0 saturated carbocycles. The Kier molecular flexibility index (Phi) is 3.56. The first kappa shape index (κ1) is 13.3. The largest absolute Gasteiger partial charge is 0.416 e. The fourth-order valence-electron chi connectivity index (χ4n) is 1.67. The Morgan fingerprint density at radius 3 is 2.67 bits per heavy atom. The van der Waals surface area contributed by atoms with Crippen LogP contribution in [0.1, 0.15) is 18.1 Å². The van der Waals surface area contributed by atoms with E-state index in [1.54, 1.807) is 6.07 Å². The van der Waals surface area contributed by atoms with Gasteiger partial charge in [-0.3, -0.25) is 4.99 Å². The van der Waals surface area contributed by atoms with Crippen molar-refractivity contribution < 1.29 is 13.2 Å². The quantitative estimate of drug-likeness (QED) is 0.839. The lowest BCUT2D eigenvalue weighted by Crippen LogP contribution is -2.10. The van der Waals surface area contributed by atoms with Crippen LogP contribution in [-0.2, 0) is 6.18 Å². The molecule has 0 aromatic heterocycles. The maximum absolute atomic E-state index is 12.7. The van der Waals surface area contributed by atoms with Gasteiger partial charge >= 0.3 is 6.18 Å². The van der Waals surface area contributed by atoms with Crippen molar-refractivity contribution in [1.29, 1.82) is 0 Å². The van der Waals surface area contributed by atoms with Crippen molar-refractivity contribution >= 4 is 22.6 Å². The molecule has 1 aliphatic heterocycles. The van der Waals surface area contributed by atoms with E-state index in [-0.39, 0.29) is 5.56 Å². The van der Waals surface area contributed by atoms with Crippen molar-refractivity contribution in [2.75, 3.05) is 11.9 Å². The molecule has 0 bridgehead atoms. The lowest BCUT2D eigenvalue weighted by Gasteiger charge is -2.13. The van der Waals surface area contributed by atoms with E-state index in [4.69, 9.17) is 0 Å². The van der Waals surface area contributed by atoms with E-state index in [0.29, 0.717) is 22.6 Å². The number of amidine groups is 1. The van der Waals surface area contributed by atoms with Gasteiger partial charge in [0.05, 0.1) is 12.1 Å². The molecule has 1 N–H and O–H groups in total. The predicted molar refractivity (Wildman–Crippen MR) is 69.2 cm³/mol. The van der Waals surface area contributed by atoms with Crippen LogP contribution in [0.5, 0.6) is 0 Å². The van der Waals surface area contributed by atoms with Crippen LogP contribution in [0.2, 0.25) is 0 Å². The number of nitrogens with zero attached hydrogens (tertiary/aromatic N) is 1. The average molecular weight is 274 g/mol. The highest BCUT2D eigenvalue weighted by atomic mass is 32.2. The molecule has 6 heteroatoms. The first-order chi connectivity index (χ1) is 8.36. The average Bonchev–Trinajstić information content (AvgIpc) is 2.65. The molecule has 1 atom stereocenters. The summed E-state index contributed by atoms with van der Waals surface area (Å²) in [5, 5.41) is 3.98. The van der Waals surface area contributed by atoms with Gasteiger partial charge in [-0.05, 0) is 24.6 Å². The fraction of sp³-hybridized carbons (Fsp3) is 0.417. The maximum atomic E-state index is 12.7. The summed E-state index contributed by atoms with van der Waals surface area (Å²) in [7, 11) is 0. The van der Waals surface area contributed by atoms with Crippen molar-refractivity contribution in [3.05, 3.63) is 29.3 Å². The van der Waals surface area contributed by atoms with E-state index in [0.717, 1.165) is 6.07 Å². The van der Waals surface area contributed by atoms with E-state index in [2.05, 4.69) is 10.3 Å². The van der Waals surface area contributed by atoms with Crippen molar-refractivity contribution in [3.63, 3.8) is 0 Å². The Labute approximate surface area is 108 Å². The number of nitrogens with one attached hydrogen (secondary N) is 1. The first-order valence-electron chi connectivity index (χ1n) is 5.52. The zero-order chi connectivity index (χ0) is 13.3. The molecule has 2 nitrogen and oxygen atoms in total. The summed E-state index contributed by atoms with van der Waals surface area (Å²) in [4.78, 5) is 4.21. The van der Waals surface area contributed by atoms with Crippen LogP contribution in [-0.4, -0.2) is 17.0 Å². The van der Waals surface area contributed by atoms with Crippen LogP contribution in [0, 0.1) is 6.92 Å². The zero-order valence-electron chi connectivity index (χ0n) is 10.0. The van der Waals surface area contributed by atoms with E-state index >= 15 is 0 Å². The van der Waals surface area contributed by atoms with Crippen molar-refractivity contribution in [2.24, 2.45) is 4.99 Å². The Bertz CT molecular complexity index is 483. The van der Waals surface area contributed by atoms with Crippen LogP contribution >= 0.6 is 11.8 Å². The molecule has 0 fully saturated rings. The molecule has 1 aromatic carbocycles. The molecule has 1 unspecified atom stereocenters. The molecule has 1 aliphatic rings. The Hall–Kier alpha value is -1.17. The number of alkyl halides is 3. The molecular formula is C12H13F3N2S. The Balaban J connectivity index is 2.20. The lowest BCUT2D eigenvalue weighted by molar-refractivity contribution is -0.138. The highest BCUT2D eigenvalue weighted by Gasteiger charge is 2.32. The summed E-state index contributed by atoms with van der Waals surface area (Å²) in [6, 6.07) is 4.23. The molecule has 0 saturated heterocycles. The van der Waals surface area contributed by atoms with Gasteiger partial charge in [-0.2, -0.15) is 13.2 Å². The fourth-order valence-corrected chi connectivity index (χ4v) is 2.53. The number of aryl methyl sites for hydroxylation is 1. The standard InChI is InChI=1S/C12H13F3N2S/c1-7-3-4-9(5-10(7)12(13,14)15)17-11-16-6-8(2)18-11/h3-5,8H,6H2,1-2H3,(H,16,17). The summed E-state index contributed by atoms with van der Waals surface area (Å²) in [6.45, 7) is 4.18. The third-order valence-electron chi connectivity index (χ3n) is 2.60. The Morgan fingerprint density at radius 2 is 2.11 bits per heavy atom. The third-order valence-corrected chi connectivity index (χ3v) is 3.60. The van der Waals surface area contributed by atoms with Crippen LogP contribution in [0.4, 0.5) is 18.9 Å².